The van der Waals surface area contributed by atoms with Crippen molar-refractivity contribution in [3.8, 4) is 11.1 Å². The third-order valence-corrected chi connectivity index (χ3v) is 3.53. The van der Waals surface area contributed by atoms with Crippen molar-refractivity contribution in [2.75, 3.05) is 6.54 Å². The average Bonchev–Trinajstić information content (AvgIpc) is 2.99. The zero-order valence-electron chi connectivity index (χ0n) is 13.6. The summed E-state index contributed by atoms with van der Waals surface area (Å²) in [6, 6.07) is 11.5. The Morgan fingerprint density at radius 3 is 2.48 bits per heavy atom. The van der Waals surface area contributed by atoms with E-state index in [-0.39, 0.29) is 11.3 Å². The number of hydrogen-bond donors (Lipinski definition) is 1. The second-order valence-electron chi connectivity index (χ2n) is 6.80. The zero-order valence-corrected chi connectivity index (χ0v) is 13.6. The SMILES string of the molecule is CC(C)(C)CNC(=O)c1ccc(-c2ccc3ncnn3c2)cc1. The topological polar surface area (TPSA) is 59.3 Å². The zero-order chi connectivity index (χ0) is 16.4. The fourth-order valence-electron chi connectivity index (χ4n) is 2.25. The van der Waals surface area contributed by atoms with Gasteiger partial charge in [0.05, 0.1) is 0 Å². The van der Waals surface area contributed by atoms with Gasteiger partial charge in [-0.05, 0) is 35.2 Å². The number of nitrogens with zero attached hydrogens (tertiary/aromatic N) is 3. The van der Waals surface area contributed by atoms with Gasteiger partial charge in [0.2, 0.25) is 0 Å². The van der Waals surface area contributed by atoms with Crippen LogP contribution in [0.4, 0.5) is 0 Å². The van der Waals surface area contributed by atoms with Crippen LogP contribution >= 0.6 is 0 Å². The molecule has 3 rings (SSSR count). The molecule has 0 aliphatic carbocycles. The molecule has 0 spiro atoms. The van der Waals surface area contributed by atoms with Gasteiger partial charge in [-0.25, -0.2) is 9.50 Å². The van der Waals surface area contributed by atoms with Crippen molar-refractivity contribution in [1.82, 2.24) is 19.9 Å². The first-order valence-electron chi connectivity index (χ1n) is 7.60. The van der Waals surface area contributed by atoms with Crippen LogP contribution in [-0.2, 0) is 0 Å². The molecular weight excluding hydrogens is 288 g/mol. The third-order valence-electron chi connectivity index (χ3n) is 3.53. The predicted octanol–water partition coefficient (Wildman–Crippen LogP) is 3.17. The smallest absolute Gasteiger partial charge is 0.251 e. The molecule has 2 heterocycles. The number of carbonyl (C=O) groups is 1. The van der Waals surface area contributed by atoms with Crippen LogP contribution in [0.3, 0.4) is 0 Å². The Morgan fingerprint density at radius 2 is 1.78 bits per heavy atom. The summed E-state index contributed by atoms with van der Waals surface area (Å²) in [4.78, 5) is 16.3. The number of carbonyl (C=O) groups excluding carboxylic acids is 1. The van der Waals surface area contributed by atoms with E-state index in [9.17, 15) is 4.79 Å². The summed E-state index contributed by atoms with van der Waals surface area (Å²) in [5.41, 5.74) is 3.62. The molecule has 0 saturated carbocycles. The summed E-state index contributed by atoms with van der Waals surface area (Å²) < 4.78 is 1.74. The van der Waals surface area contributed by atoms with Crippen LogP contribution in [0.2, 0.25) is 0 Å². The molecule has 118 valence electrons. The molecule has 0 aliphatic heterocycles. The average molecular weight is 308 g/mol. The molecule has 0 bridgehead atoms. The van der Waals surface area contributed by atoms with E-state index in [1.807, 2.05) is 42.6 Å². The highest BCUT2D eigenvalue weighted by Gasteiger charge is 2.13. The number of benzene rings is 1. The minimum atomic E-state index is -0.0433. The van der Waals surface area contributed by atoms with Crippen LogP contribution < -0.4 is 5.32 Å². The highest BCUT2D eigenvalue weighted by Crippen LogP contribution is 2.20. The highest BCUT2D eigenvalue weighted by molar-refractivity contribution is 5.94. The second-order valence-corrected chi connectivity index (χ2v) is 6.80. The predicted molar refractivity (Wildman–Crippen MR) is 90.2 cm³/mol. The van der Waals surface area contributed by atoms with Crippen molar-refractivity contribution >= 4 is 11.6 Å². The van der Waals surface area contributed by atoms with Gasteiger partial charge in [0.25, 0.3) is 5.91 Å². The van der Waals surface area contributed by atoms with Gasteiger partial charge in [-0.2, -0.15) is 5.10 Å². The van der Waals surface area contributed by atoms with E-state index < -0.39 is 0 Å². The Labute approximate surface area is 135 Å². The number of fused-ring (bicyclic) bond motifs is 1. The van der Waals surface area contributed by atoms with E-state index in [4.69, 9.17) is 0 Å². The fraction of sp³-hybridized carbons (Fsp3) is 0.278. The van der Waals surface area contributed by atoms with Crippen molar-refractivity contribution < 1.29 is 4.79 Å². The van der Waals surface area contributed by atoms with Gasteiger partial charge >= 0.3 is 0 Å². The Balaban J connectivity index is 1.77. The number of amides is 1. The van der Waals surface area contributed by atoms with E-state index in [0.717, 1.165) is 16.8 Å². The third kappa shape index (κ3) is 3.56. The lowest BCUT2D eigenvalue weighted by Gasteiger charge is -2.18. The van der Waals surface area contributed by atoms with E-state index in [0.29, 0.717) is 12.1 Å². The largest absolute Gasteiger partial charge is 0.352 e. The molecule has 0 aliphatic rings. The van der Waals surface area contributed by atoms with E-state index in [1.165, 1.54) is 6.33 Å². The van der Waals surface area contributed by atoms with Gasteiger partial charge in [-0.3, -0.25) is 4.79 Å². The molecule has 0 atom stereocenters. The Kier molecular flexibility index (Phi) is 3.86. The summed E-state index contributed by atoms with van der Waals surface area (Å²) in [7, 11) is 0. The van der Waals surface area contributed by atoms with E-state index in [1.54, 1.807) is 4.52 Å². The number of aromatic nitrogens is 3. The summed E-state index contributed by atoms with van der Waals surface area (Å²) in [6.07, 6.45) is 3.46. The van der Waals surface area contributed by atoms with Crippen LogP contribution in [0.1, 0.15) is 31.1 Å². The van der Waals surface area contributed by atoms with E-state index >= 15 is 0 Å². The molecule has 1 amide bonds. The van der Waals surface area contributed by atoms with Crippen molar-refractivity contribution in [2.45, 2.75) is 20.8 Å². The highest BCUT2D eigenvalue weighted by atomic mass is 16.1. The molecule has 5 heteroatoms. The lowest BCUT2D eigenvalue weighted by atomic mass is 9.97. The Bertz CT molecular complexity index is 828. The van der Waals surface area contributed by atoms with Gasteiger partial charge in [0.15, 0.2) is 5.65 Å². The van der Waals surface area contributed by atoms with Crippen molar-refractivity contribution in [1.29, 1.82) is 0 Å². The summed E-state index contributed by atoms with van der Waals surface area (Å²) in [6.45, 7) is 6.93. The monoisotopic (exact) mass is 308 g/mol. The molecule has 2 aromatic heterocycles. The molecule has 1 aromatic carbocycles. The number of nitrogens with one attached hydrogen (secondary N) is 1. The minimum Gasteiger partial charge on any atom is -0.352 e. The fourth-order valence-corrected chi connectivity index (χ4v) is 2.25. The molecular formula is C18H20N4O. The van der Waals surface area contributed by atoms with E-state index in [2.05, 4.69) is 36.2 Å². The summed E-state index contributed by atoms with van der Waals surface area (Å²) in [5.74, 6) is -0.0433. The molecule has 0 unspecified atom stereocenters. The van der Waals surface area contributed by atoms with Crippen molar-refractivity contribution in [2.24, 2.45) is 5.41 Å². The van der Waals surface area contributed by atoms with Crippen molar-refractivity contribution in [3.63, 3.8) is 0 Å². The quantitative estimate of drug-likeness (QED) is 0.808. The first-order chi connectivity index (χ1) is 10.9. The molecule has 5 nitrogen and oxygen atoms in total. The van der Waals surface area contributed by atoms with Crippen LogP contribution in [-0.4, -0.2) is 27.0 Å². The molecule has 23 heavy (non-hydrogen) atoms. The summed E-state index contributed by atoms with van der Waals surface area (Å²) in [5, 5.41) is 7.10. The lowest BCUT2D eigenvalue weighted by molar-refractivity contribution is 0.0939. The van der Waals surface area contributed by atoms with Crippen LogP contribution in [0.25, 0.3) is 16.8 Å². The molecule has 3 aromatic rings. The second kappa shape index (κ2) is 5.83. The normalized spacial score (nSPS) is 11.6. The number of rotatable bonds is 3. The van der Waals surface area contributed by atoms with Crippen molar-refractivity contribution in [3.05, 3.63) is 54.5 Å². The van der Waals surface area contributed by atoms with Crippen LogP contribution in [0.15, 0.2) is 48.9 Å². The standard InChI is InChI=1S/C18H20N4O/c1-18(2,3)11-19-17(23)14-6-4-13(5-7-14)15-8-9-16-20-12-21-22(16)10-15/h4-10,12H,11H2,1-3H3,(H,19,23). The maximum atomic E-state index is 12.1. The van der Waals surface area contributed by atoms with Gasteiger partial charge in [0, 0.05) is 23.9 Å². The summed E-state index contributed by atoms with van der Waals surface area (Å²) >= 11 is 0. The van der Waals surface area contributed by atoms with Crippen LogP contribution in [0, 0.1) is 5.41 Å². The first-order valence-corrected chi connectivity index (χ1v) is 7.60. The molecule has 0 saturated heterocycles. The van der Waals surface area contributed by atoms with Gasteiger partial charge in [-0.1, -0.05) is 32.9 Å². The molecule has 0 fully saturated rings. The number of hydrogen-bond acceptors (Lipinski definition) is 3. The maximum absolute atomic E-state index is 12.1. The lowest BCUT2D eigenvalue weighted by Crippen LogP contribution is -2.32. The van der Waals surface area contributed by atoms with Crippen LogP contribution in [0.5, 0.6) is 0 Å². The minimum absolute atomic E-state index is 0.0433. The molecule has 1 N–H and O–H groups in total. The van der Waals surface area contributed by atoms with Gasteiger partial charge in [0.1, 0.15) is 6.33 Å². The van der Waals surface area contributed by atoms with Gasteiger partial charge in [-0.15, -0.1) is 0 Å². The van der Waals surface area contributed by atoms with Gasteiger partial charge < -0.3 is 5.32 Å². The maximum Gasteiger partial charge on any atom is 0.251 e. The molecule has 0 radical (unpaired) electrons. The Morgan fingerprint density at radius 1 is 1.09 bits per heavy atom. The first kappa shape index (κ1) is 15.2. The Hall–Kier alpha value is -2.69. The number of pyridine rings is 1.